The van der Waals surface area contributed by atoms with Crippen molar-refractivity contribution in [3.8, 4) is 11.3 Å². The fourth-order valence-electron chi connectivity index (χ4n) is 5.68. The van der Waals surface area contributed by atoms with Gasteiger partial charge in [0.05, 0.1) is 23.5 Å². The van der Waals surface area contributed by atoms with Crippen LogP contribution in [0.15, 0.2) is 71.9 Å². The van der Waals surface area contributed by atoms with Gasteiger partial charge in [-0.1, -0.05) is 29.8 Å². The van der Waals surface area contributed by atoms with Crippen molar-refractivity contribution < 1.29 is 8.78 Å². The van der Waals surface area contributed by atoms with Crippen LogP contribution in [0.25, 0.3) is 11.3 Å². The van der Waals surface area contributed by atoms with Gasteiger partial charge in [0.15, 0.2) is 5.96 Å². The Bertz CT molecular complexity index is 1710. The molecule has 3 N–H and O–H groups in total. The maximum absolute atomic E-state index is 14.9. The molecule has 0 saturated carbocycles. The van der Waals surface area contributed by atoms with Crippen LogP contribution in [0.1, 0.15) is 30.5 Å². The molecule has 0 radical (unpaired) electrons. The third kappa shape index (κ3) is 5.80. The zero-order chi connectivity index (χ0) is 30.2. The molecule has 0 bridgehead atoms. The fourth-order valence-corrected chi connectivity index (χ4v) is 5.85. The highest BCUT2D eigenvalue weighted by atomic mass is 35.5. The Balaban J connectivity index is 1.30. The molecule has 3 heterocycles. The van der Waals surface area contributed by atoms with E-state index in [1.165, 1.54) is 18.2 Å². The van der Waals surface area contributed by atoms with E-state index in [0.29, 0.717) is 51.4 Å². The number of piperazine rings is 1. The largest absolute Gasteiger partial charge is 0.340 e. The lowest BCUT2D eigenvalue weighted by Gasteiger charge is -2.40. The number of fused-ring (bicyclic) bond motifs is 3. The number of guanidine groups is 1. The lowest BCUT2D eigenvalue weighted by molar-refractivity contribution is 0.251. The first-order valence-electron chi connectivity index (χ1n) is 14.0. The number of anilines is 3. The minimum atomic E-state index is -0.706. The number of nitrogens with zero attached hydrogens (tertiary/aromatic N) is 5. The van der Waals surface area contributed by atoms with Crippen LogP contribution >= 0.6 is 11.6 Å². The van der Waals surface area contributed by atoms with Crippen molar-refractivity contribution in [3.05, 3.63) is 100 Å². The van der Waals surface area contributed by atoms with E-state index in [0.717, 1.165) is 24.5 Å². The van der Waals surface area contributed by atoms with E-state index in [1.54, 1.807) is 24.4 Å². The average Bonchev–Trinajstić information content (AvgIpc) is 3.12. The Kier molecular flexibility index (Phi) is 7.81. The van der Waals surface area contributed by atoms with Crippen molar-refractivity contribution in [1.29, 1.82) is 5.41 Å². The lowest BCUT2D eigenvalue weighted by atomic mass is 9.95. The number of aliphatic imine (C=N–C) groups is 1. The summed E-state index contributed by atoms with van der Waals surface area (Å²) in [6.07, 6.45) is 1.67. The molecule has 2 aliphatic heterocycles. The highest BCUT2D eigenvalue weighted by molar-refractivity contribution is 6.31. The van der Waals surface area contributed by atoms with Gasteiger partial charge in [0.25, 0.3) is 0 Å². The summed E-state index contributed by atoms with van der Waals surface area (Å²) in [5.41, 5.74) is 3.99. The predicted molar refractivity (Wildman–Crippen MR) is 168 cm³/mol. The number of benzene rings is 3. The highest BCUT2D eigenvalue weighted by Crippen LogP contribution is 2.35. The zero-order valence-corrected chi connectivity index (χ0v) is 24.8. The standard InChI is InChI=1S/C32H31ClF2N8/c1-18-16-43(17-19(2)39-18)31(36)42(3)23-7-4-6-22(13-23)40-32-38-15-20-14-37-30(28-26(34)8-5-9-27(28)35)25-12-21(33)10-11-24(25)29(20)41-32/h4-13,15,18-19,36,39H,14,16-17H2,1-3H3,(H,38,40,41). The second kappa shape index (κ2) is 11.7. The Morgan fingerprint density at radius 2 is 1.74 bits per heavy atom. The van der Waals surface area contributed by atoms with Crippen molar-refractivity contribution in [2.45, 2.75) is 32.5 Å². The van der Waals surface area contributed by atoms with E-state index in [9.17, 15) is 8.78 Å². The van der Waals surface area contributed by atoms with Gasteiger partial charge in [0.1, 0.15) is 11.6 Å². The minimum absolute atomic E-state index is 0.136. The lowest BCUT2D eigenvalue weighted by Crippen LogP contribution is -2.58. The summed E-state index contributed by atoms with van der Waals surface area (Å²) in [7, 11) is 1.88. The summed E-state index contributed by atoms with van der Waals surface area (Å²) in [5.74, 6) is -0.637. The summed E-state index contributed by atoms with van der Waals surface area (Å²) in [4.78, 5) is 17.9. The first-order chi connectivity index (χ1) is 20.7. The molecular formula is C32H31ClF2N8. The van der Waals surface area contributed by atoms with Gasteiger partial charge in [-0.05, 0) is 56.3 Å². The number of aromatic nitrogens is 2. The predicted octanol–water partition coefficient (Wildman–Crippen LogP) is 6.22. The van der Waals surface area contributed by atoms with Crippen LogP contribution in [0.5, 0.6) is 0 Å². The zero-order valence-electron chi connectivity index (χ0n) is 24.0. The Morgan fingerprint density at radius 3 is 2.49 bits per heavy atom. The van der Waals surface area contributed by atoms with Crippen LogP contribution in [-0.4, -0.2) is 58.8 Å². The molecule has 0 aliphatic carbocycles. The van der Waals surface area contributed by atoms with Gasteiger partial charge in [-0.25, -0.2) is 18.7 Å². The smallest absolute Gasteiger partial charge is 0.227 e. The molecule has 4 aromatic rings. The molecule has 2 unspecified atom stereocenters. The third-order valence-corrected chi connectivity index (χ3v) is 7.86. The molecular weight excluding hydrogens is 570 g/mol. The van der Waals surface area contributed by atoms with Crippen molar-refractivity contribution in [2.75, 3.05) is 30.4 Å². The topological polar surface area (TPSA) is 92.5 Å². The fraction of sp³-hybridized carbons (Fsp3) is 0.250. The molecule has 1 saturated heterocycles. The molecule has 8 nitrogen and oxygen atoms in total. The van der Waals surface area contributed by atoms with Crippen molar-refractivity contribution in [1.82, 2.24) is 20.2 Å². The van der Waals surface area contributed by atoms with E-state index in [4.69, 9.17) is 22.0 Å². The number of rotatable bonds is 4. The SMILES string of the molecule is CC1CN(C(=N)N(C)c2cccc(Nc3ncc4c(n3)-c3ccc(Cl)cc3C(c3c(F)cccc3F)=NC4)c2)CC(C)N1. The van der Waals surface area contributed by atoms with E-state index < -0.39 is 11.6 Å². The summed E-state index contributed by atoms with van der Waals surface area (Å²) < 4.78 is 29.7. The maximum atomic E-state index is 14.9. The Morgan fingerprint density at radius 1 is 1.02 bits per heavy atom. The van der Waals surface area contributed by atoms with Gasteiger partial charge in [0, 0.05) is 71.5 Å². The van der Waals surface area contributed by atoms with Crippen LogP contribution in [0.3, 0.4) is 0 Å². The quantitative estimate of drug-likeness (QED) is 0.190. The average molecular weight is 601 g/mol. The molecule has 3 aromatic carbocycles. The number of hydrogen-bond acceptors (Lipinski definition) is 6. The van der Waals surface area contributed by atoms with Gasteiger partial charge in [-0.15, -0.1) is 0 Å². The molecule has 0 spiro atoms. The monoisotopic (exact) mass is 600 g/mol. The van der Waals surface area contributed by atoms with Gasteiger partial charge < -0.3 is 20.4 Å². The van der Waals surface area contributed by atoms with Crippen molar-refractivity contribution >= 4 is 40.6 Å². The number of hydrogen-bond donors (Lipinski definition) is 3. The number of nitrogens with one attached hydrogen (secondary N) is 3. The van der Waals surface area contributed by atoms with E-state index in [-0.39, 0.29) is 17.8 Å². The second-order valence-electron chi connectivity index (χ2n) is 11.0. The normalized spacial score (nSPS) is 17.8. The summed E-state index contributed by atoms with van der Waals surface area (Å²) >= 11 is 6.34. The first kappa shape index (κ1) is 28.7. The van der Waals surface area contributed by atoms with Crippen LogP contribution in [0.4, 0.5) is 26.1 Å². The van der Waals surface area contributed by atoms with E-state index in [2.05, 4.69) is 39.4 Å². The molecule has 2 atom stereocenters. The van der Waals surface area contributed by atoms with Crippen LogP contribution < -0.4 is 15.5 Å². The van der Waals surface area contributed by atoms with Crippen LogP contribution in [-0.2, 0) is 6.54 Å². The van der Waals surface area contributed by atoms with E-state index in [1.807, 2.05) is 36.2 Å². The summed E-state index contributed by atoms with van der Waals surface area (Å²) in [6, 6.07) is 17.2. The second-order valence-corrected chi connectivity index (χ2v) is 11.4. The molecule has 220 valence electrons. The first-order valence-corrected chi connectivity index (χ1v) is 14.4. The van der Waals surface area contributed by atoms with Crippen LogP contribution in [0, 0.1) is 17.0 Å². The van der Waals surface area contributed by atoms with E-state index >= 15 is 0 Å². The van der Waals surface area contributed by atoms with Crippen molar-refractivity contribution in [2.24, 2.45) is 4.99 Å². The number of halogens is 3. The van der Waals surface area contributed by atoms with Crippen molar-refractivity contribution in [3.63, 3.8) is 0 Å². The summed E-state index contributed by atoms with van der Waals surface area (Å²) in [5, 5.41) is 16.0. The van der Waals surface area contributed by atoms with Gasteiger partial charge in [-0.2, -0.15) is 0 Å². The minimum Gasteiger partial charge on any atom is -0.340 e. The molecule has 1 fully saturated rings. The molecule has 2 aliphatic rings. The van der Waals surface area contributed by atoms with Gasteiger partial charge in [-0.3, -0.25) is 10.4 Å². The summed E-state index contributed by atoms with van der Waals surface area (Å²) in [6.45, 7) is 5.90. The molecule has 6 rings (SSSR count). The Labute approximate surface area is 254 Å². The van der Waals surface area contributed by atoms with Gasteiger partial charge in [0.2, 0.25) is 5.95 Å². The third-order valence-electron chi connectivity index (χ3n) is 7.63. The highest BCUT2D eigenvalue weighted by Gasteiger charge is 2.27. The molecule has 43 heavy (non-hydrogen) atoms. The Hall–Kier alpha value is -4.41. The molecule has 0 amide bonds. The molecule has 11 heteroatoms. The van der Waals surface area contributed by atoms with Crippen LogP contribution in [0.2, 0.25) is 5.02 Å². The van der Waals surface area contributed by atoms with Gasteiger partial charge >= 0.3 is 0 Å². The molecule has 1 aromatic heterocycles. The maximum Gasteiger partial charge on any atom is 0.227 e.